The van der Waals surface area contributed by atoms with Crippen molar-refractivity contribution in [3.63, 3.8) is 0 Å². The van der Waals surface area contributed by atoms with Crippen LogP contribution in [0.25, 0.3) is 0 Å². The summed E-state index contributed by atoms with van der Waals surface area (Å²) < 4.78 is 0. The number of nitrogens with zero attached hydrogens (tertiary/aromatic N) is 1. The predicted octanol–water partition coefficient (Wildman–Crippen LogP) is 7.61. The van der Waals surface area contributed by atoms with Crippen molar-refractivity contribution in [1.82, 2.24) is 0 Å². The van der Waals surface area contributed by atoms with Crippen LogP contribution in [0.1, 0.15) is 123 Å². The molecule has 0 amide bonds. The molecule has 0 aromatic carbocycles. The fourth-order valence-electron chi connectivity index (χ4n) is 3.26. The standard InChI is InChI=1S/C22H43NO/c1-22(2)19-17-15-13-11-9-7-5-3-4-6-8-10-12-14-16-18-20-23-21-24/h22H,3-20H2,1-2H3. The van der Waals surface area contributed by atoms with Crippen LogP contribution in [0.2, 0.25) is 0 Å². The summed E-state index contributed by atoms with van der Waals surface area (Å²) >= 11 is 0. The Bertz CT molecular complexity index is 282. The first kappa shape index (κ1) is 23.4. The molecule has 0 atom stereocenters. The molecule has 0 aromatic heterocycles. The summed E-state index contributed by atoms with van der Waals surface area (Å²) in [7, 11) is 0. The van der Waals surface area contributed by atoms with Gasteiger partial charge >= 0.3 is 0 Å². The summed E-state index contributed by atoms with van der Waals surface area (Å²) in [5.74, 6) is 0.883. The Morgan fingerprint density at radius 1 is 0.583 bits per heavy atom. The minimum atomic E-state index is 0.668. The highest BCUT2D eigenvalue weighted by Crippen LogP contribution is 2.15. The molecule has 142 valence electrons. The summed E-state index contributed by atoms with van der Waals surface area (Å²) in [6.07, 6.45) is 25.1. The Balaban J connectivity index is 2.99. The second-order valence-corrected chi connectivity index (χ2v) is 7.81. The van der Waals surface area contributed by atoms with E-state index in [-0.39, 0.29) is 0 Å². The van der Waals surface area contributed by atoms with Gasteiger partial charge < -0.3 is 0 Å². The van der Waals surface area contributed by atoms with Gasteiger partial charge in [0.05, 0.1) is 6.54 Å². The molecule has 0 rings (SSSR count). The van der Waals surface area contributed by atoms with Gasteiger partial charge in [-0.1, -0.05) is 117 Å². The highest BCUT2D eigenvalue weighted by atomic mass is 16.1. The largest absolute Gasteiger partial charge is 0.234 e. The topological polar surface area (TPSA) is 29.4 Å². The van der Waals surface area contributed by atoms with Gasteiger partial charge in [-0.25, -0.2) is 9.79 Å². The van der Waals surface area contributed by atoms with Crippen LogP contribution in [-0.4, -0.2) is 12.6 Å². The minimum absolute atomic E-state index is 0.668. The molecule has 0 saturated heterocycles. The number of rotatable bonds is 19. The van der Waals surface area contributed by atoms with Crippen molar-refractivity contribution in [1.29, 1.82) is 0 Å². The van der Waals surface area contributed by atoms with Gasteiger partial charge in [-0.3, -0.25) is 0 Å². The molecule has 0 saturated carbocycles. The molecule has 0 aliphatic carbocycles. The van der Waals surface area contributed by atoms with E-state index in [4.69, 9.17) is 0 Å². The van der Waals surface area contributed by atoms with Crippen molar-refractivity contribution in [3.8, 4) is 0 Å². The van der Waals surface area contributed by atoms with Crippen molar-refractivity contribution in [2.45, 2.75) is 123 Å². The quantitative estimate of drug-likeness (QED) is 0.135. The molecule has 24 heavy (non-hydrogen) atoms. The molecule has 0 aromatic rings. The van der Waals surface area contributed by atoms with Gasteiger partial charge in [-0.05, 0) is 12.3 Å². The molecular formula is C22H43NO. The van der Waals surface area contributed by atoms with Gasteiger partial charge in [0.2, 0.25) is 6.08 Å². The van der Waals surface area contributed by atoms with E-state index in [0.717, 1.165) is 12.3 Å². The van der Waals surface area contributed by atoms with Gasteiger partial charge in [0.1, 0.15) is 0 Å². The molecule has 0 spiro atoms. The van der Waals surface area contributed by atoms with Crippen molar-refractivity contribution in [3.05, 3.63) is 0 Å². The molecule has 0 unspecified atom stereocenters. The van der Waals surface area contributed by atoms with Crippen LogP contribution >= 0.6 is 0 Å². The second kappa shape index (κ2) is 20.4. The Morgan fingerprint density at radius 3 is 1.25 bits per heavy atom. The fourth-order valence-corrected chi connectivity index (χ4v) is 3.26. The summed E-state index contributed by atoms with van der Waals surface area (Å²) in [5, 5.41) is 0. The van der Waals surface area contributed by atoms with E-state index in [1.54, 1.807) is 6.08 Å². The number of isocyanates is 1. The molecule has 0 bridgehead atoms. The lowest BCUT2D eigenvalue weighted by Gasteiger charge is -2.05. The lowest BCUT2D eigenvalue weighted by Crippen LogP contribution is -1.87. The van der Waals surface area contributed by atoms with E-state index in [1.807, 2.05) is 0 Å². The van der Waals surface area contributed by atoms with E-state index in [0.29, 0.717) is 6.54 Å². The third-order valence-electron chi connectivity index (χ3n) is 4.87. The summed E-state index contributed by atoms with van der Waals surface area (Å²) in [6.45, 7) is 5.32. The van der Waals surface area contributed by atoms with Gasteiger partial charge in [0.15, 0.2) is 0 Å². The Kier molecular flexibility index (Phi) is 19.9. The van der Waals surface area contributed by atoms with Crippen molar-refractivity contribution < 1.29 is 4.79 Å². The monoisotopic (exact) mass is 337 g/mol. The zero-order valence-corrected chi connectivity index (χ0v) is 16.7. The first-order valence-corrected chi connectivity index (χ1v) is 10.8. The SMILES string of the molecule is CC(C)CCCCCCCCCCCCCCCCCCN=C=O. The van der Waals surface area contributed by atoms with Crippen LogP contribution in [0.3, 0.4) is 0 Å². The van der Waals surface area contributed by atoms with E-state index in [9.17, 15) is 4.79 Å². The molecule has 0 heterocycles. The Morgan fingerprint density at radius 2 is 0.917 bits per heavy atom. The van der Waals surface area contributed by atoms with Crippen molar-refractivity contribution in [2.75, 3.05) is 6.54 Å². The zero-order chi connectivity index (χ0) is 17.7. The number of hydrogen-bond acceptors (Lipinski definition) is 2. The third kappa shape index (κ3) is 21.4. The third-order valence-corrected chi connectivity index (χ3v) is 4.87. The van der Waals surface area contributed by atoms with E-state index in [2.05, 4.69) is 18.8 Å². The van der Waals surface area contributed by atoms with Gasteiger partial charge in [0, 0.05) is 0 Å². The highest BCUT2D eigenvalue weighted by Gasteiger charge is 1.96. The van der Waals surface area contributed by atoms with Crippen LogP contribution in [0.15, 0.2) is 4.99 Å². The maximum Gasteiger partial charge on any atom is 0.234 e. The average Bonchev–Trinajstić information content (AvgIpc) is 2.56. The summed E-state index contributed by atoms with van der Waals surface area (Å²) in [4.78, 5) is 13.5. The Labute approximate surface area is 151 Å². The van der Waals surface area contributed by atoms with Gasteiger partial charge in [-0.15, -0.1) is 0 Å². The fraction of sp³-hybridized carbons (Fsp3) is 0.955. The summed E-state index contributed by atoms with van der Waals surface area (Å²) in [6, 6.07) is 0. The maximum atomic E-state index is 9.91. The number of aliphatic imine (C=N–C) groups is 1. The number of carbonyl (C=O) groups excluding carboxylic acids is 1. The molecule has 0 aliphatic rings. The minimum Gasteiger partial charge on any atom is -0.211 e. The van der Waals surface area contributed by atoms with E-state index in [1.165, 1.54) is 103 Å². The predicted molar refractivity (Wildman–Crippen MR) is 106 cm³/mol. The van der Waals surface area contributed by atoms with Crippen molar-refractivity contribution >= 4 is 6.08 Å². The van der Waals surface area contributed by atoms with Crippen LogP contribution < -0.4 is 0 Å². The van der Waals surface area contributed by atoms with Gasteiger partial charge in [-0.2, -0.15) is 0 Å². The van der Waals surface area contributed by atoms with Crippen LogP contribution in [0.4, 0.5) is 0 Å². The lowest BCUT2D eigenvalue weighted by molar-refractivity contribution is 0.501. The second-order valence-electron chi connectivity index (χ2n) is 7.81. The van der Waals surface area contributed by atoms with Gasteiger partial charge in [0.25, 0.3) is 0 Å². The van der Waals surface area contributed by atoms with E-state index < -0.39 is 0 Å². The number of hydrogen-bond donors (Lipinski definition) is 0. The van der Waals surface area contributed by atoms with Crippen LogP contribution in [-0.2, 0) is 4.79 Å². The molecular weight excluding hydrogens is 294 g/mol. The lowest BCUT2D eigenvalue weighted by atomic mass is 10.0. The molecule has 0 N–H and O–H groups in total. The zero-order valence-electron chi connectivity index (χ0n) is 16.7. The summed E-state index contributed by atoms with van der Waals surface area (Å²) in [5.41, 5.74) is 0. The molecule has 0 radical (unpaired) electrons. The van der Waals surface area contributed by atoms with Crippen LogP contribution in [0.5, 0.6) is 0 Å². The molecule has 0 fully saturated rings. The normalized spacial score (nSPS) is 11.0. The Hall–Kier alpha value is -0.620. The maximum absolute atomic E-state index is 9.91. The van der Waals surface area contributed by atoms with Crippen LogP contribution in [0, 0.1) is 5.92 Å². The molecule has 0 aliphatic heterocycles. The smallest absolute Gasteiger partial charge is 0.211 e. The van der Waals surface area contributed by atoms with Crippen molar-refractivity contribution in [2.24, 2.45) is 10.9 Å². The molecule has 2 nitrogen and oxygen atoms in total. The average molecular weight is 338 g/mol. The highest BCUT2D eigenvalue weighted by molar-refractivity contribution is 5.32. The van der Waals surface area contributed by atoms with E-state index >= 15 is 0 Å². The molecule has 2 heteroatoms. The first-order chi connectivity index (χ1) is 11.8. The number of unbranched alkanes of at least 4 members (excludes halogenated alkanes) is 15. The first-order valence-electron chi connectivity index (χ1n) is 10.8.